The first kappa shape index (κ1) is 15.3. The number of nitrogens with one attached hydrogen (secondary N) is 1. The van der Waals surface area contributed by atoms with Crippen molar-refractivity contribution in [3.8, 4) is 11.4 Å². The second-order valence-electron chi connectivity index (χ2n) is 5.22. The van der Waals surface area contributed by atoms with Crippen molar-refractivity contribution in [3.63, 3.8) is 0 Å². The van der Waals surface area contributed by atoms with E-state index < -0.39 is 0 Å². The Morgan fingerprint density at radius 3 is 2.67 bits per heavy atom. The Labute approximate surface area is 144 Å². The molecule has 1 aliphatic carbocycles. The number of nitrogens with zero attached hydrogens (tertiary/aromatic N) is 1. The van der Waals surface area contributed by atoms with Crippen LogP contribution in [-0.4, -0.2) is 9.97 Å². The van der Waals surface area contributed by atoms with E-state index in [-0.39, 0.29) is 5.82 Å². The van der Waals surface area contributed by atoms with Gasteiger partial charge in [-0.3, -0.25) is 0 Å². The van der Waals surface area contributed by atoms with E-state index in [9.17, 15) is 4.39 Å². The predicted octanol–water partition coefficient (Wildman–Crippen LogP) is 6.13. The van der Waals surface area contributed by atoms with Gasteiger partial charge in [-0.05, 0) is 47.0 Å². The van der Waals surface area contributed by atoms with E-state index in [4.69, 9.17) is 12.2 Å². The van der Waals surface area contributed by atoms with E-state index in [0.29, 0.717) is 21.9 Å². The predicted molar refractivity (Wildman–Crippen MR) is 91.4 cm³/mol. The van der Waals surface area contributed by atoms with Gasteiger partial charge in [0.25, 0.3) is 0 Å². The van der Waals surface area contributed by atoms with Gasteiger partial charge in [0, 0.05) is 21.6 Å². The number of aromatic amines is 1. The Hall–Kier alpha value is -0.590. The molecule has 1 fully saturated rings. The molecule has 6 heteroatoms. The van der Waals surface area contributed by atoms with Crippen molar-refractivity contribution in [3.05, 3.63) is 43.3 Å². The van der Waals surface area contributed by atoms with Gasteiger partial charge in [-0.1, -0.05) is 41.0 Å². The van der Waals surface area contributed by atoms with E-state index in [0.717, 1.165) is 27.5 Å². The lowest BCUT2D eigenvalue weighted by atomic mass is 10.0. The Morgan fingerprint density at radius 1 is 1.24 bits per heavy atom. The number of benzene rings is 1. The summed E-state index contributed by atoms with van der Waals surface area (Å²) in [6.07, 6.45) is 4.77. The Kier molecular flexibility index (Phi) is 4.57. The maximum absolute atomic E-state index is 13.5. The molecule has 2 aromatic rings. The minimum atomic E-state index is -0.292. The first-order valence-electron chi connectivity index (χ1n) is 6.81. The number of aromatic nitrogens is 2. The molecule has 21 heavy (non-hydrogen) atoms. The van der Waals surface area contributed by atoms with Gasteiger partial charge in [0.05, 0.1) is 4.47 Å². The molecule has 0 bridgehead atoms. The fraction of sp³-hybridized carbons (Fsp3) is 0.333. The number of halogens is 3. The van der Waals surface area contributed by atoms with E-state index in [1.54, 1.807) is 6.07 Å². The lowest BCUT2D eigenvalue weighted by Gasteiger charge is -2.14. The number of hydrogen-bond donors (Lipinski definition) is 1. The molecule has 0 saturated heterocycles. The zero-order valence-electron chi connectivity index (χ0n) is 11.1. The van der Waals surface area contributed by atoms with Crippen LogP contribution >= 0.6 is 44.1 Å². The maximum Gasteiger partial charge on any atom is 0.144 e. The van der Waals surface area contributed by atoms with Gasteiger partial charge in [-0.2, -0.15) is 0 Å². The molecule has 0 unspecified atom stereocenters. The largest absolute Gasteiger partial charge is 0.342 e. The molecule has 3 rings (SSSR count). The van der Waals surface area contributed by atoms with Crippen molar-refractivity contribution in [1.29, 1.82) is 0 Å². The molecule has 0 amide bonds. The average Bonchev–Trinajstić information content (AvgIpc) is 2.98. The molecule has 1 heterocycles. The molecule has 1 aromatic carbocycles. The van der Waals surface area contributed by atoms with Crippen LogP contribution in [0.15, 0.2) is 27.1 Å². The summed E-state index contributed by atoms with van der Waals surface area (Å²) in [6, 6.07) is 4.56. The van der Waals surface area contributed by atoms with E-state index in [2.05, 4.69) is 41.8 Å². The highest BCUT2D eigenvalue weighted by atomic mass is 79.9. The summed E-state index contributed by atoms with van der Waals surface area (Å²) in [7, 11) is 0. The Balaban J connectivity index is 2.15. The van der Waals surface area contributed by atoms with E-state index in [1.807, 2.05) is 0 Å². The summed E-state index contributed by atoms with van der Waals surface area (Å²) in [5, 5.41) is 0. The van der Waals surface area contributed by atoms with Crippen molar-refractivity contribution in [2.45, 2.75) is 31.6 Å². The smallest absolute Gasteiger partial charge is 0.144 e. The van der Waals surface area contributed by atoms with Crippen LogP contribution in [0.3, 0.4) is 0 Å². The van der Waals surface area contributed by atoms with Crippen molar-refractivity contribution in [2.75, 3.05) is 0 Å². The first-order valence-corrected chi connectivity index (χ1v) is 8.81. The Morgan fingerprint density at radius 2 is 1.95 bits per heavy atom. The van der Waals surface area contributed by atoms with Gasteiger partial charge < -0.3 is 4.98 Å². The molecule has 1 N–H and O–H groups in total. The summed E-state index contributed by atoms with van der Waals surface area (Å²) < 4.78 is 15.7. The maximum atomic E-state index is 13.5. The van der Waals surface area contributed by atoms with Crippen molar-refractivity contribution < 1.29 is 4.39 Å². The normalized spacial score (nSPS) is 15.6. The minimum absolute atomic E-state index is 0.292. The monoisotopic (exact) mass is 430 g/mol. The van der Waals surface area contributed by atoms with Crippen LogP contribution in [0.5, 0.6) is 0 Å². The second kappa shape index (κ2) is 6.26. The fourth-order valence-electron chi connectivity index (χ4n) is 2.78. The highest BCUT2D eigenvalue weighted by molar-refractivity contribution is 9.11. The number of H-pyrrole nitrogens is 1. The number of hydrogen-bond acceptors (Lipinski definition) is 2. The van der Waals surface area contributed by atoms with E-state index >= 15 is 0 Å². The van der Waals surface area contributed by atoms with Gasteiger partial charge in [0.1, 0.15) is 16.3 Å². The minimum Gasteiger partial charge on any atom is -0.342 e. The van der Waals surface area contributed by atoms with Crippen molar-refractivity contribution >= 4 is 44.1 Å². The summed E-state index contributed by atoms with van der Waals surface area (Å²) in [6.45, 7) is 0. The van der Waals surface area contributed by atoms with Crippen molar-refractivity contribution in [2.24, 2.45) is 0 Å². The summed E-state index contributed by atoms with van der Waals surface area (Å²) >= 11 is 12.3. The molecule has 1 aromatic heterocycles. The summed E-state index contributed by atoms with van der Waals surface area (Å²) in [5.74, 6) is 0.784. The van der Waals surface area contributed by atoms with Crippen LogP contribution in [0.25, 0.3) is 11.4 Å². The number of rotatable bonds is 2. The van der Waals surface area contributed by atoms with Gasteiger partial charge in [-0.25, -0.2) is 9.37 Å². The topological polar surface area (TPSA) is 28.7 Å². The third-order valence-corrected chi connectivity index (χ3v) is 5.89. The van der Waals surface area contributed by atoms with Crippen LogP contribution in [0.2, 0.25) is 0 Å². The Bertz CT molecular complexity index is 739. The summed E-state index contributed by atoms with van der Waals surface area (Å²) in [5.41, 5.74) is 1.77. The molecule has 0 radical (unpaired) electrons. The van der Waals surface area contributed by atoms with Gasteiger partial charge >= 0.3 is 0 Å². The summed E-state index contributed by atoms with van der Waals surface area (Å²) in [4.78, 5) is 7.75. The van der Waals surface area contributed by atoms with Gasteiger partial charge in [0.2, 0.25) is 0 Å². The van der Waals surface area contributed by atoms with Crippen LogP contribution in [-0.2, 0) is 0 Å². The molecular weight excluding hydrogens is 419 g/mol. The average molecular weight is 432 g/mol. The molecule has 2 nitrogen and oxygen atoms in total. The van der Waals surface area contributed by atoms with Crippen LogP contribution in [0, 0.1) is 10.5 Å². The molecule has 0 aliphatic heterocycles. The molecular formula is C15H13Br2FN2S. The highest BCUT2D eigenvalue weighted by Gasteiger charge is 2.22. The first-order chi connectivity index (χ1) is 10.1. The molecule has 1 saturated carbocycles. The third kappa shape index (κ3) is 3.12. The quantitative estimate of drug-likeness (QED) is 0.579. The zero-order chi connectivity index (χ0) is 15.0. The molecule has 0 atom stereocenters. The fourth-order valence-corrected chi connectivity index (χ4v) is 3.93. The van der Waals surface area contributed by atoms with Crippen LogP contribution in [0.1, 0.15) is 37.3 Å². The van der Waals surface area contributed by atoms with Crippen LogP contribution < -0.4 is 0 Å². The SMILES string of the molecule is Fc1ccc(Br)c(-c2nc(=S)c(Br)c(C3CCCC3)[nH]2)c1. The van der Waals surface area contributed by atoms with E-state index in [1.165, 1.54) is 25.0 Å². The second-order valence-corrected chi connectivity index (χ2v) is 7.26. The molecule has 110 valence electrons. The highest BCUT2D eigenvalue weighted by Crippen LogP contribution is 2.38. The standard InChI is InChI=1S/C15H13Br2FN2S/c16-11-6-5-9(18)7-10(11)14-19-13(8-3-1-2-4-8)12(17)15(21)20-14/h5-8H,1-4H2,(H,19,20,21). The van der Waals surface area contributed by atoms with Gasteiger partial charge in [0.15, 0.2) is 0 Å². The van der Waals surface area contributed by atoms with Crippen molar-refractivity contribution in [1.82, 2.24) is 9.97 Å². The van der Waals surface area contributed by atoms with Gasteiger partial charge in [-0.15, -0.1) is 0 Å². The molecule has 1 aliphatic rings. The molecule has 0 spiro atoms. The zero-order valence-corrected chi connectivity index (χ0v) is 15.1. The van der Waals surface area contributed by atoms with Crippen LogP contribution in [0.4, 0.5) is 4.39 Å². The third-order valence-electron chi connectivity index (χ3n) is 3.84. The lowest BCUT2D eigenvalue weighted by Crippen LogP contribution is -2.03. The lowest BCUT2D eigenvalue weighted by molar-refractivity contribution is 0.627.